The van der Waals surface area contributed by atoms with Crippen LogP contribution in [0.3, 0.4) is 0 Å². The maximum atomic E-state index is 12.9. The summed E-state index contributed by atoms with van der Waals surface area (Å²) < 4.78 is 1.89. The Labute approximate surface area is 187 Å². The van der Waals surface area contributed by atoms with Crippen molar-refractivity contribution in [2.24, 2.45) is 0 Å². The Morgan fingerprint density at radius 2 is 1.94 bits per heavy atom. The molecule has 1 aromatic carbocycles. The summed E-state index contributed by atoms with van der Waals surface area (Å²) in [4.78, 5) is 22.1. The summed E-state index contributed by atoms with van der Waals surface area (Å²) in [5.74, 6) is 0.139. The van der Waals surface area contributed by atoms with Gasteiger partial charge in [0.15, 0.2) is 5.65 Å². The first-order chi connectivity index (χ1) is 15.0. The number of hydrogen-bond donors (Lipinski definition) is 1. The molecule has 5 rings (SSSR count). The molecule has 0 radical (unpaired) electrons. The van der Waals surface area contributed by atoms with Gasteiger partial charge in [-0.2, -0.15) is 5.10 Å². The lowest BCUT2D eigenvalue weighted by atomic mass is 9.85. The Bertz CT molecular complexity index is 1120. The molecule has 0 bridgehead atoms. The number of nitrogens with one attached hydrogen (secondary N) is 1. The second-order valence-corrected chi connectivity index (χ2v) is 8.81. The summed E-state index contributed by atoms with van der Waals surface area (Å²) in [7, 11) is 0. The maximum Gasteiger partial charge on any atom is 0.247 e. The van der Waals surface area contributed by atoms with E-state index in [1.54, 1.807) is 0 Å². The van der Waals surface area contributed by atoms with Crippen molar-refractivity contribution in [2.75, 3.05) is 24.7 Å². The molecule has 3 aromatic rings. The lowest BCUT2D eigenvalue weighted by Gasteiger charge is -2.43. The van der Waals surface area contributed by atoms with Gasteiger partial charge in [0.05, 0.1) is 22.8 Å². The van der Waals surface area contributed by atoms with Crippen molar-refractivity contribution in [1.82, 2.24) is 25.0 Å². The molecule has 1 N–H and O–H groups in total. The van der Waals surface area contributed by atoms with E-state index in [2.05, 4.69) is 44.3 Å². The Morgan fingerprint density at radius 3 is 2.65 bits per heavy atom. The predicted molar refractivity (Wildman–Crippen MR) is 122 cm³/mol. The number of fused-ring (bicyclic) bond motifs is 1. The number of carbonyl (C=O) groups excluding carboxylic acids is 1. The van der Waals surface area contributed by atoms with E-state index in [9.17, 15) is 4.79 Å². The number of para-hydroxylation sites is 1. The number of aryl methyl sites for hydroxylation is 2. The van der Waals surface area contributed by atoms with Gasteiger partial charge in [-0.1, -0.05) is 29.8 Å². The number of hydrogen-bond acceptors (Lipinski definition) is 5. The van der Waals surface area contributed by atoms with Gasteiger partial charge in [-0.15, -0.1) is 0 Å². The highest BCUT2D eigenvalue weighted by atomic mass is 35.5. The number of piperidine rings is 1. The number of likely N-dealkylation sites (tertiary alicyclic amines) is 1. The number of halogens is 1. The van der Waals surface area contributed by atoms with Crippen molar-refractivity contribution < 1.29 is 4.79 Å². The molecule has 2 aliphatic rings. The summed E-state index contributed by atoms with van der Waals surface area (Å²) in [6, 6.07) is 10.2. The molecule has 8 heteroatoms. The van der Waals surface area contributed by atoms with Crippen LogP contribution in [-0.2, 0) is 17.9 Å². The molecule has 7 nitrogen and oxygen atoms in total. The van der Waals surface area contributed by atoms with Gasteiger partial charge in [-0.25, -0.2) is 9.67 Å². The molecule has 2 aromatic heterocycles. The van der Waals surface area contributed by atoms with Crippen LogP contribution in [0.15, 0.2) is 36.5 Å². The van der Waals surface area contributed by atoms with Crippen LogP contribution in [0.5, 0.6) is 0 Å². The fourth-order valence-corrected chi connectivity index (χ4v) is 5.33. The second-order valence-electron chi connectivity index (χ2n) is 8.43. The first-order valence-corrected chi connectivity index (χ1v) is 11.2. The molecule has 162 valence electrons. The van der Waals surface area contributed by atoms with Crippen LogP contribution >= 0.6 is 11.6 Å². The number of nitrogens with zero attached hydrogens (tertiary/aromatic N) is 5. The molecule has 2 aliphatic heterocycles. The normalized spacial score (nSPS) is 18.8. The van der Waals surface area contributed by atoms with Gasteiger partial charge >= 0.3 is 0 Å². The third-order valence-electron chi connectivity index (χ3n) is 6.73. The van der Waals surface area contributed by atoms with Crippen molar-refractivity contribution in [3.8, 4) is 0 Å². The summed E-state index contributed by atoms with van der Waals surface area (Å²) in [6.45, 7) is 7.75. The van der Waals surface area contributed by atoms with Crippen molar-refractivity contribution in [3.63, 3.8) is 0 Å². The van der Waals surface area contributed by atoms with Gasteiger partial charge in [-0.3, -0.25) is 9.69 Å². The van der Waals surface area contributed by atoms with Crippen LogP contribution in [-0.4, -0.2) is 50.9 Å². The molecule has 0 aliphatic carbocycles. The molecule has 1 spiro atoms. The van der Waals surface area contributed by atoms with Crippen molar-refractivity contribution >= 4 is 34.2 Å². The third-order valence-corrected chi connectivity index (χ3v) is 7.16. The van der Waals surface area contributed by atoms with Gasteiger partial charge < -0.3 is 10.2 Å². The van der Waals surface area contributed by atoms with E-state index in [4.69, 9.17) is 11.6 Å². The van der Waals surface area contributed by atoms with Gasteiger partial charge in [0, 0.05) is 43.6 Å². The van der Waals surface area contributed by atoms with Crippen LogP contribution in [0, 0.1) is 6.92 Å². The molecule has 2 fully saturated rings. The average Bonchev–Trinajstić information content (AvgIpc) is 3.29. The SMILES string of the molecule is CCn1nc(C)c2c(Cl)c(CN3CCC4(CC3)C(=O)NCN4c3ccccc3)cnc21. The predicted octanol–water partition coefficient (Wildman–Crippen LogP) is 3.34. The standard InChI is InChI=1S/C23H27ClN6O/c1-3-30-21-19(16(2)27-30)20(24)17(13-25-21)14-28-11-9-23(10-12-28)22(31)26-15-29(23)18-7-5-4-6-8-18/h4-8,13H,3,9-12,14-15H2,1-2H3,(H,26,31). The van der Waals surface area contributed by atoms with Crippen LogP contribution in [0.25, 0.3) is 11.0 Å². The molecule has 2 saturated heterocycles. The molecule has 0 atom stereocenters. The van der Waals surface area contributed by atoms with Gasteiger partial charge in [0.2, 0.25) is 5.91 Å². The van der Waals surface area contributed by atoms with Crippen LogP contribution in [0.2, 0.25) is 5.02 Å². The average molecular weight is 439 g/mol. The molecular weight excluding hydrogens is 412 g/mol. The van der Waals surface area contributed by atoms with Gasteiger partial charge in [-0.05, 0) is 38.8 Å². The number of benzene rings is 1. The van der Waals surface area contributed by atoms with Crippen molar-refractivity contribution in [2.45, 2.75) is 45.3 Å². The largest absolute Gasteiger partial charge is 0.339 e. The lowest BCUT2D eigenvalue weighted by Crippen LogP contribution is -2.56. The summed E-state index contributed by atoms with van der Waals surface area (Å²) in [5.41, 5.74) is 3.39. The number of amides is 1. The molecular formula is C23H27ClN6O. The Balaban J connectivity index is 1.35. The minimum Gasteiger partial charge on any atom is -0.339 e. The Hall–Kier alpha value is -2.64. The second kappa shape index (κ2) is 7.80. The maximum absolute atomic E-state index is 12.9. The van der Waals surface area contributed by atoms with E-state index in [1.165, 1.54) is 0 Å². The molecule has 31 heavy (non-hydrogen) atoms. The van der Waals surface area contributed by atoms with Gasteiger partial charge in [0.25, 0.3) is 0 Å². The van der Waals surface area contributed by atoms with E-state index in [1.807, 2.05) is 36.0 Å². The lowest BCUT2D eigenvalue weighted by molar-refractivity contribution is -0.125. The van der Waals surface area contributed by atoms with Gasteiger partial charge in [0.1, 0.15) is 5.54 Å². The van der Waals surface area contributed by atoms with E-state index < -0.39 is 5.54 Å². The summed E-state index contributed by atoms with van der Waals surface area (Å²) >= 11 is 6.79. The van der Waals surface area contributed by atoms with E-state index in [-0.39, 0.29) is 5.91 Å². The van der Waals surface area contributed by atoms with Crippen molar-refractivity contribution in [3.05, 3.63) is 52.8 Å². The van der Waals surface area contributed by atoms with E-state index in [0.717, 1.165) is 72.0 Å². The number of anilines is 1. The number of carbonyl (C=O) groups is 1. The number of aromatic nitrogens is 3. The zero-order chi connectivity index (χ0) is 21.6. The number of rotatable bonds is 4. The van der Waals surface area contributed by atoms with E-state index in [0.29, 0.717) is 6.67 Å². The highest BCUT2D eigenvalue weighted by molar-refractivity contribution is 6.36. The molecule has 1 amide bonds. The fraction of sp³-hybridized carbons (Fsp3) is 0.435. The molecule has 4 heterocycles. The molecule has 0 unspecified atom stereocenters. The van der Waals surface area contributed by atoms with Crippen LogP contribution < -0.4 is 10.2 Å². The smallest absolute Gasteiger partial charge is 0.247 e. The summed E-state index contributed by atoms with van der Waals surface area (Å²) in [6.07, 6.45) is 3.45. The Morgan fingerprint density at radius 1 is 1.19 bits per heavy atom. The first-order valence-electron chi connectivity index (χ1n) is 10.9. The first kappa shape index (κ1) is 20.3. The van der Waals surface area contributed by atoms with Crippen molar-refractivity contribution in [1.29, 1.82) is 0 Å². The zero-order valence-corrected chi connectivity index (χ0v) is 18.7. The topological polar surface area (TPSA) is 66.3 Å². The molecule has 0 saturated carbocycles. The minimum atomic E-state index is -0.470. The zero-order valence-electron chi connectivity index (χ0n) is 17.9. The third kappa shape index (κ3) is 3.27. The highest BCUT2D eigenvalue weighted by Gasteiger charge is 2.50. The van der Waals surface area contributed by atoms with Crippen LogP contribution in [0.4, 0.5) is 5.69 Å². The highest BCUT2D eigenvalue weighted by Crippen LogP contribution is 2.37. The van der Waals surface area contributed by atoms with Crippen LogP contribution in [0.1, 0.15) is 31.0 Å². The van der Waals surface area contributed by atoms with E-state index >= 15 is 0 Å². The monoisotopic (exact) mass is 438 g/mol. The number of pyridine rings is 1. The minimum absolute atomic E-state index is 0.139. The summed E-state index contributed by atoms with van der Waals surface area (Å²) in [5, 5.41) is 9.31. The fourth-order valence-electron chi connectivity index (χ4n) is 5.00. The quantitative estimate of drug-likeness (QED) is 0.676. The Kier molecular flexibility index (Phi) is 5.10.